The third-order valence-corrected chi connectivity index (χ3v) is 4.43. The van der Waals surface area contributed by atoms with Crippen LogP contribution in [0.15, 0.2) is 24.3 Å². The van der Waals surface area contributed by atoms with Gasteiger partial charge in [0.1, 0.15) is 10.8 Å². The van der Waals surface area contributed by atoms with E-state index in [4.69, 9.17) is 9.72 Å². The van der Waals surface area contributed by atoms with Gasteiger partial charge >= 0.3 is 0 Å². The van der Waals surface area contributed by atoms with Crippen LogP contribution in [0.2, 0.25) is 0 Å². The molecule has 0 spiro atoms. The van der Waals surface area contributed by atoms with Crippen LogP contribution in [0.1, 0.15) is 41.0 Å². The molecule has 4 heteroatoms. The zero-order chi connectivity index (χ0) is 14.5. The number of aryl methyl sites for hydroxylation is 2. The Hall–Kier alpha value is -1.39. The molecule has 1 unspecified atom stereocenters. The predicted molar refractivity (Wildman–Crippen MR) is 84.7 cm³/mol. The first-order valence-electron chi connectivity index (χ1n) is 7.03. The molecule has 2 rings (SSSR count). The maximum Gasteiger partial charge on any atom is 0.118 e. The van der Waals surface area contributed by atoms with Gasteiger partial charge in [-0.15, -0.1) is 11.3 Å². The van der Waals surface area contributed by atoms with E-state index in [1.54, 1.807) is 18.4 Å². The zero-order valence-electron chi connectivity index (χ0n) is 12.6. The molecule has 0 fully saturated rings. The van der Waals surface area contributed by atoms with Gasteiger partial charge in [-0.2, -0.15) is 0 Å². The van der Waals surface area contributed by atoms with Gasteiger partial charge in [0.2, 0.25) is 0 Å². The number of nitrogens with zero attached hydrogens (tertiary/aromatic N) is 1. The van der Waals surface area contributed by atoms with Crippen molar-refractivity contribution >= 4 is 11.3 Å². The molecule has 2 aromatic rings. The van der Waals surface area contributed by atoms with Gasteiger partial charge in [0.15, 0.2) is 0 Å². The molecule has 0 aliphatic carbocycles. The molecule has 1 heterocycles. The standard InChI is InChI=1S/C16H22N2OS/c1-5-14-11(3)20-16(18-14)15(17-6-2)12-7-9-13(19-4)10-8-12/h7-10,15,17H,5-6H2,1-4H3. The van der Waals surface area contributed by atoms with E-state index in [9.17, 15) is 0 Å². The molecular formula is C16H22N2OS. The molecule has 0 aliphatic heterocycles. The predicted octanol–water partition coefficient (Wildman–Crippen LogP) is 3.72. The number of nitrogens with one attached hydrogen (secondary N) is 1. The Labute approximate surface area is 125 Å². The van der Waals surface area contributed by atoms with Crippen molar-refractivity contribution in [2.24, 2.45) is 0 Å². The number of rotatable bonds is 6. The summed E-state index contributed by atoms with van der Waals surface area (Å²) < 4.78 is 5.22. The van der Waals surface area contributed by atoms with E-state index in [2.05, 4.69) is 38.2 Å². The number of aromatic nitrogens is 1. The van der Waals surface area contributed by atoms with Crippen LogP contribution in [0, 0.1) is 6.92 Å². The molecule has 3 nitrogen and oxygen atoms in total. The summed E-state index contributed by atoms with van der Waals surface area (Å²) in [5.74, 6) is 0.883. The van der Waals surface area contributed by atoms with Gasteiger partial charge in [0.05, 0.1) is 18.8 Å². The van der Waals surface area contributed by atoms with E-state index >= 15 is 0 Å². The minimum absolute atomic E-state index is 0.162. The van der Waals surface area contributed by atoms with Crippen molar-refractivity contribution < 1.29 is 4.74 Å². The summed E-state index contributed by atoms with van der Waals surface area (Å²) in [4.78, 5) is 6.11. The lowest BCUT2D eigenvalue weighted by atomic mass is 10.1. The highest BCUT2D eigenvalue weighted by Crippen LogP contribution is 2.29. The van der Waals surface area contributed by atoms with Gasteiger partial charge in [-0.3, -0.25) is 0 Å². The molecule has 20 heavy (non-hydrogen) atoms. The number of ether oxygens (including phenoxy) is 1. The van der Waals surface area contributed by atoms with Crippen LogP contribution < -0.4 is 10.1 Å². The molecule has 0 radical (unpaired) electrons. The smallest absolute Gasteiger partial charge is 0.118 e. The molecule has 0 bridgehead atoms. The lowest BCUT2D eigenvalue weighted by Crippen LogP contribution is -2.21. The molecule has 1 N–H and O–H groups in total. The summed E-state index contributed by atoms with van der Waals surface area (Å²) in [5.41, 5.74) is 2.44. The highest BCUT2D eigenvalue weighted by atomic mass is 32.1. The maximum atomic E-state index is 5.22. The lowest BCUT2D eigenvalue weighted by molar-refractivity contribution is 0.414. The summed E-state index contributed by atoms with van der Waals surface area (Å²) in [7, 11) is 1.69. The van der Waals surface area contributed by atoms with Gasteiger partial charge in [-0.05, 0) is 37.6 Å². The summed E-state index contributed by atoms with van der Waals surface area (Å²) in [6.07, 6.45) is 0.990. The van der Waals surface area contributed by atoms with Crippen molar-refractivity contribution in [3.05, 3.63) is 45.4 Å². The van der Waals surface area contributed by atoms with Crippen molar-refractivity contribution in [2.75, 3.05) is 13.7 Å². The Morgan fingerprint density at radius 3 is 2.45 bits per heavy atom. The number of benzene rings is 1. The van der Waals surface area contributed by atoms with E-state index in [0.717, 1.165) is 23.7 Å². The molecule has 0 saturated heterocycles. The minimum atomic E-state index is 0.162. The Bertz CT molecular complexity index is 548. The summed E-state index contributed by atoms with van der Waals surface area (Å²) >= 11 is 1.79. The van der Waals surface area contributed by atoms with Gasteiger partial charge in [-0.25, -0.2) is 4.98 Å². The monoisotopic (exact) mass is 290 g/mol. The van der Waals surface area contributed by atoms with E-state index < -0.39 is 0 Å². The van der Waals surface area contributed by atoms with Gasteiger partial charge in [-0.1, -0.05) is 26.0 Å². The molecule has 1 aromatic carbocycles. The first kappa shape index (κ1) is 15.0. The molecule has 0 amide bonds. The van der Waals surface area contributed by atoms with Crippen LogP contribution in [-0.4, -0.2) is 18.6 Å². The van der Waals surface area contributed by atoms with Gasteiger partial charge < -0.3 is 10.1 Å². The second-order valence-corrected chi connectivity index (χ2v) is 5.91. The molecule has 1 aromatic heterocycles. The van der Waals surface area contributed by atoms with Crippen LogP contribution in [-0.2, 0) is 6.42 Å². The normalized spacial score (nSPS) is 12.4. The number of hydrogen-bond acceptors (Lipinski definition) is 4. The average molecular weight is 290 g/mol. The Kier molecular flexibility index (Phi) is 5.15. The van der Waals surface area contributed by atoms with E-state index in [-0.39, 0.29) is 6.04 Å². The first-order chi connectivity index (χ1) is 9.69. The third-order valence-electron chi connectivity index (χ3n) is 3.35. The fraction of sp³-hybridized carbons (Fsp3) is 0.438. The average Bonchev–Trinajstić information content (AvgIpc) is 2.85. The molecule has 108 valence electrons. The highest BCUT2D eigenvalue weighted by molar-refractivity contribution is 7.11. The van der Waals surface area contributed by atoms with Crippen molar-refractivity contribution in [1.29, 1.82) is 0 Å². The fourth-order valence-electron chi connectivity index (χ4n) is 2.25. The molecule has 0 saturated carbocycles. The second-order valence-electron chi connectivity index (χ2n) is 4.67. The summed E-state index contributed by atoms with van der Waals surface area (Å²) in [5, 5.41) is 4.67. The minimum Gasteiger partial charge on any atom is -0.497 e. The lowest BCUT2D eigenvalue weighted by Gasteiger charge is -2.16. The Balaban J connectivity index is 2.33. The summed E-state index contributed by atoms with van der Waals surface area (Å²) in [6.45, 7) is 7.34. The highest BCUT2D eigenvalue weighted by Gasteiger charge is 2.18. The van der Waals surface area contributed by atoms with Crippen molar-refractivity contribution in [3.63, 3.8) is 0 Å². The number of methoxy groups -OCH3 is 1. The SMILES string of the molecule is CCNC(c1ccc(OC)cc1)c1nc(CC)c(C)s1. The Morgan fingerprint density at radius 2 is 1.95 bits per heavy atom. The molecule has 1 atom stereocenters. The number of thiazole rings is 1. The van der Waals surface area contributed by atoms with Gasteiger partial charge in [0.25, 0.3) is 0 Å². The van der Waals surface area contributed by atoms with E-state index in [1.807, 2.05) is 12.1 Å². The van der Waals surface area contributed by atoms with E-state index in [0.29, 0.717) is 0 Å². The Morgan fingerprint density at radius 1 is 1.25 bits per heavy atom. The second kappa shape index (κ2) is 6.86. The molecular weight excluding hydrogens is 268 g/mol. The zero-order valence-corrected chi connectivity index (χ0v) is 13.4. The van der Waals surface area contributed by atoms with Crippen molar-refractivity contribution in [3.8, 4) is 5.75 Å². The van der Waals surface area contributed by atoms with Crippen molar-refractivity contribution in [2.45, 2.75) is 33.2 Å². The molecule has 0 aliphatic rings. The van der Waals surface area contributed by atoms with Crippen LogP contribution >= 0.6 is 11.3 Å². The van der Waals surface area contributed by atoms with Gasteiger partial charge in [0, 0.05) is 4.88 Å². The maximum absolute atomic E-state index is 5.22. The van der Waals surface area contributed by atoms with Crippen LogP contribution in [0.5, 0.6) is 5.75 Å². The van der Waals surface area contributed by atoms with Crippen LogP contribution in [0.25, 0.3) is 0 Å². The topological polar surface area (TPSA) is 34.1 Å². The van der Waals surface area contributed by atoms with Crippen LogP contribution in [0.4, 0.5) is 0 Å². The first-order valence-corrected chi connectivity index (χ1v) is 7.84. The third kappa shape index (κ3) is 3.19. The quantitative estimate of drug-likeness (QED) is 0.880. The fourth-order valence-corrected chi connectivity index (χ4v) is 3.36. The number of hydrogen-bond donors (Lipinski definition) is 1. The van der Waals surface area contributed by atoms with E-state index in [1.165, 1.54) is 16.1 Å². The largest absolute Gasteiger partial charge is 0.497 e. The van der Waals surface area contributed by atoms with Crippen LogP contribution in [0.3, 0.4) is 0 Å². The summed E-state index contributed by atoms with van der Waals surface area (Å²) in [6, 6.07) is 8.38. The van der Waals surface area contributed by atoms with Crippen molar-refractivity contribution in [1.82, 2.24) is 10.3 Å².